The van der Waals surface area contributed by atoms with Crippen molar-refractivity contribution in [3.63, 3.8) is 0 Å². The van der Waals surface area contributed by atoms with Gasteiger partial charge in [-0.3, -0.25) is 9.59 Å². The Morgan fingerprint density at radius 3 is 2.54 bits per heavy atom. The minimum atomic E-state index is -0.492. The lowest BCUT2D eigenvalue weighted by molar-refractivity contribution is -0.132. The SMILES string of the molecule is CN(C(=O)C=Cc1ccc(Cl)cc1)C1CCN(c2ccccc2Cl)C1=O. The highest BCUT2D eigenvalue weighted by atomic mass is 35.5. The van der Waals surface area contributed by atoms with E-state index in [1.54, 1.807) is 36.2 Å². The van der Waals surface area contributed by atoms with Gasteiger partial charge in [-0.2, -0.15) is 0 Å². The van der Waals surface area contributed by atoms with Crippen LogP contribution in [0.4, 0.5) is 5.69 Å². The van der Waals surface area contributed by atoms with Crippen molar-refractivity contribution in [2.45, 2.75) is 12.5 Å². The Hall–Kier alpha value is -2.30. The number of anilines is 1. The van der Waals surface area contributed by atoms with Gasteiger partial charge in [-0.1, -0.05) is 47.5 Å². The van der Waals surface area contributed by atoms with E-state index in [9.17, 15) is 9.59 Å². The van der Waals surface area contributed by atoms with E-state index in [4.69, 9.17) is 23.2 Å². The molecule has 26 heavy (non-hydrogen) atoms. The molecule has 1 unspecified atom stereocenters. The van der Waals surface area contributed by atoms with Gasteiger partial charge in [0.05, 0.1) is 10.7 Å². The molecule has 0 aromatic heterocycles. The van der Waals surface area contributed by atoms with Crippen molar-refractivity contribution in [1.82, 2.24) is 4.90 Å². The van der Waals surface area contributed by atoms with Crippen molar-refractivity contribution in [2.24, 2.45) is 0 Å². The van der Waals surface area contributed by atoms with Gasteiger partial charge in [0.2, 0.25) is 11.8 Å². The maximum absolute atomic E-state index is 12.8. The minimum absolute atomic E-state index is 0.117. The summed E-state index contributed by atoms with van der Waals surface area (Å²) in [6.45, 7) is 0.533. The summed E-state index contributed by atoms with van der Waals surface area (Å²) in [5, 5.41) is 1.17. The average molecular weight is 389 g/mol. The summed E-state index contributed by atoms with van der Waals surface area (Å²) < 4.78 is 0. The van der Waals surface area contributed by atoms with Crippen LogP contribution >= 0.6 is 23.2 Å². The Morgan fingerprint density at radius 1 is 1.15 bits per heavy atom. The molecule has 0 bridgehead atoms. The fourth-order valence-electron chi connectivity index (χ4n) is 2.95. The molecular weight excluding hydrogens is 371 g/mol. The summed E-state index contributed by atoms with van der Waals surface area (Å²) >= 11 is 12.0. The standard InChI is InChI=1S/C20H18Cl2N2O2/c1-23(19(25)11-8-14-6-9-15(21)10-7-14)18-12-13-24(20(18)26)17-5-3-2-4-16(17)22/h2-11,18H,12-13H2,1H3. The zero-order valence-electron chi connectivity index (χ0n) is 14.2. The van der Waals surface area contributed by atoms with Gasteiger partial charge in [-0.25, -0.2) is 0 Å². The first-order valence-electron chi connectivity index (χ1n) is 8.23. The van der Waals surface area contributed by atoms with Crippen LogP contribution in [0.25, 0.3) is 6.08 Å². The smallest absolute Gasteiger partial charge is 0.249 e. The molecule has 2 aromatic carbocycles. The summed E-state index contributed by atoms with van der Waals surface area (Å²) in [6.07, 6.45) is 3.75. The number of para-hydroxylation sites is 1. The molecule has 1 atom stereocenters. The van der Waals surface area contributed by atoms with E-state index >= 15 is 0 Å². The zero-order valence-corrected chi connectivity index (χ0v) is 15.7. The van der Waals surface area contributed by atoms with E-state index < -0.39 is 6.04 Å². The molecule has 2 aromatic rings. The molecule has 4 nitrogen and oxygen atoms in total. The number of amides is 2. The maximum atomic E-state index is 12.8. The van der Waals surface area contributed by atoms with Crippen LogP contribution in [0.2, 0.25) is 10.0 Å². The predicted octanol–water partition coefficient (Wildman–Crippen LogP) is 4.27. The number of carbonyl (C=O) groups excluding carboxylic acids is 2. The summed E-state index contributed by atoms with van der Waals surface area (Å²) in [4.78, 5) is 28.3. The van der Waals surface area contributed by atoms with Gasteiger partial charge in [0.1, 0.15) is 6.04 Å². The van der Waals surface area contributed by atoms with Crippen LogP contribution in [-0.4, -0.2) is 36.3 Å². The number of halogens is 2. The zero-order chi connectivity index (χ0) is 18.7. The molecule has 0 N–H and O–H groups in total. The van der Waals surface area contributed by atoms with Crippen molar-refractivity contribution in [3.8, 4) is 0 Å². The van der Waals surface area contributed by atoms with Gasteiger partial charge >= 0.3 is 0 Å². The molecule has 3 rings (SSSR count). The van der Waals surface area contributed by atoms with Crippen LogP contribution in [0.1, 0.15) is 12.0 Å². The average Bonchev–Trinajstić information content (AvgIpc) is 3.02. The lowest BCUT2D eigenvalue weighted by Gasteiger charge is -2.23. The molecule has 0 spiro atoms. The highest BCUT2D eigenvalue weighted by Crippen LogP contribution is 2.30. The predicted molar refractivity (Wildman–Crippen MR) is 105 cm³/mol. The van der Waals surface area contributed by atoms with Gasteiger partial charge in [-0.05, 0) is 42.3 Å². The Morgan fingerprint density at radius 2 is 1.85 bits per heavy atom. The molecular formula is C20H18Cl2N2O2. The van der Waals surface area contributed by atoms with Crippen LogP contribution in [0.3, 0.4) is 0 Å². The van der Waals surface area contributed by atoms with E-state index in [-0.39, 0.29) is 11.8 Å². The quantitative estimate of drug-likeness (QED) is 0.733. The molecule has 0 aliphatic carbocycles. The monoisotopic (exact) mass is 388 g/mol. The molecule has 1 aliphatic heterocycles. The number of likely N-dealkylation sites (N-methyl/N-ethyl adjacent to an activating group) is 1. The third-order valence-electron chi connectivity index (χ3n) is 4.42. The largest absolute Gasteiger partial charge is 0.330 e. The summed E-state index contributed by atoms with van der Waals surface area (Å²) in [6, 6.07) is 13.9. The summed E-state index contributed by atoms with van der Waals surface area (Å²) in [5.74, 6) is -0.340. The number of hydrogen-bond acceptors (Lipinski definition) is 2. The van der Waals surface area contributed by atoms with Gasteiger partial charge < -0.3 is 9.80 Å². The van der Waals surface area contributed by atoms with E-state index in [0.717, 1.165) is 5.56 Å². The minimum Gasteiger partial charge on any atom is -0.330 e. The first kappa shape index (κ1) is 18.5. The second-order valence-electron chi connectivity index (χ2n) is 6.08. The number of carbonyl (C=O) groups is 2. The van der Waals surface area contributed by atoms with Crippen molar-refractivity contribution >= 4 is 46.8 Å². The Kier molecular flexibility index (Phi) is 5.64. The van der Waals surface area contributed by atoms with Crippen molar-refractivity contribution in [3.05, 3.63) is 70.2 Å². The third kappa shape index (κ3) is 3.92. The molecule has 1 saturated heterocycles. The highest BCUT2D eigenvalue weighted by molar-refractivity contribution is 6.34. The molecule has 0 radical (unpaired) electrons. The van der Waals surface area contributed by atoms with Gasteiger partial charge in [0.15, 0.2) is 0 Å². The van der Waals surface area contributed by atoms with Crippen LogP contribution in [0.15, 0.2) is 54.6 Å². The summed E-state index contributed by atoms with van der Waals surface area (Å²) in [7, 11) is 1.65. The van der Waals surface area contributed by atoms with Gasteiger partial charge in [0, 0.05) is 24.7 Å². The van der Waals surface area contributed by atoms with Crippen molar-refractivity contribution in [2.75, 3.05) is 18.5 Å². The number of rotatable bonds is 4. The fraction of sp³-hybridized carbons (Fsp3) is 0.200. The highest BCUT2D eigenvalue weighted by Gasteiger charge is 2.37. The first-order chi connectivity index (χ1) is 12.5. The Balaban J connectivity index is 1.69. The number of hydrogen-bond donors (Lipinski definition) is 0. The molecule has 0 saturated carbocycles. The Bertz CT molecular complexity index is 849. The van der Waals surface area contributed by atoms with Crippen molar-refractivity contribution in [1.29, 1.82) is 0 Å². The van der Waals surface area contributed by atoms with Gasteiger partial charge in [-0.15, -0.1) is 0 Å². The number of nitrogens with zero attached hydrogens (tertiary/aromatic N) is 2. The lowest BCUT2D eigenvalue weighted by Crippen LogP contribution is -2.42. The topological polar surface area (TPSA) is 40.6 Å². The fourth-order valence-corrected chi connectivity index (χ4v) is 3.31. The normalized spacial score (nSPS) is 17.1. The third-order valence-corrected chi connectivity index (χ3v) is 5.00. The van der Waals surface area contributed by atoms with Crippen LogP contribution in [0, 0.1) is 0 Å². The maximum Gasteiger partial charge on any atom is 0.249 e. The molecule has 1 fully saturated rings. The van der Waals surface area contributed by atoms with Crippen molar-refractivity contribution < 1.29 is 9.59 Å². The molecule has 1 aliphatic rings. The van der Waals surface area contributed by atoms with E-state index in [2.05, 4.69) is 0 Å². The molecule has 1 heterocycles. The second kappa shape index (κ2) is 7.94. The van der Waals surface area contributed by atoms with Crippen LogP contribution in [0.5, 0.6) is 0 Å². The van der Waals surface area contributed by atoms with Crippen LogP contribution < -0.4 is 4.90 Å². The van der Waals surface area contributed by atoms with Gasteiger partial charge in [0.25, 0.3) is 0 Å². The van der Waals surface area contributed by atoms with Crippen LogP contribution in [-0.2, 0) is 9.59 Å². The number of benzene rings is 2. The molecule has 134 valence electrons. The summed E-state index contributed by atoms with van der Waals surface area (Å²) in [5.41, 5.74) is 1.55. The molecule has 6 heteroatoms. The van der Waals surface area contributed by atoms with E-state index in [0.29, 0.717) is 28.7 Å². The second-order valence-corrected chi connectivity index (χ2v) is 6.92. The van der Waals surface area contributed by atoms with E-state index in [1.165, 1.54) is 11.0 Å². The lowest BCUT2D eigenvalue weighted by atomic mass is 10.2. The Labute approximate surface area is 162 Å². The van der Waals surface area contributed by atoms with E-state index in [1.807, 2.05) is 30.3 Å². The molecule has 2 amide bonds. The first-order valence-corrected chi connectivity index (χ1v) is 8.99.